The number of nitrogens with zero attached hydrogens (tertiary/aromatic N) is 1. The highest BCUT2D eigenvalue weighted by Crippen LogP contribution is 2.29. The van der Waals surface area contributed by atoms with Crippen LogP contribution in [0.1, 0.15) is 18.6 Å². The van der Waals surface area contributed by atoms with Crippen LogP contribution in [0.25, 0.3) is 0 Å². The second-order valence-electron chi connectivity index (χ2n) is 3.33. The Bertz CT molecular complexity index is 431. The Morgan fingerprint density at radius 3 is 2.88 bits per heavy atom. The maximum Gasteiger partial charge on any atom is 0.270 e. The third kappa shape index (κ3) is 3.72. The summed E-state index contributed by atoms with van der Waals surface area (Å²) in [4.78, 5) is 10.1. The van der Waals surface area contributed by atoms with E-state index in [-0.39, 0.29) is 12.3 Å². The molecule has 0 spiro atoms. The summed E-state index contributed by atoms with van der Waals surface area (Å²) in [7, 11) is 0. The zero-order chi connectivity index (χ0) is 12.8. The Morgan fingerprint density at radius 2 is 2.35 bits per heavy atom. The first-order valence-electron chi connectivity index (χ1n) is 4.90. The maximum atomic E-state index is 10.6. The second kappa shape index (κ2) is 6.22. The van der Waals surface area contributed by atoms with E-state index >= 15 is 0 Å². The van der Waals surface area contributed by atoms with Gasteiger partial charge in [0.1, 0.15) is 12.4 Å². The van der Waals surface area contributed by atoms with Crippen LogP contribution in [0.4, 0.5) is 5.69 Å². The molecule has 0 radical (unpaired) electrons. The third-order valence-electron chi connectivity index (χ3n) is 2.08. The fourth-order valence-corrected chi connectivity index (χ4v) is 1.35. The van der Waals surface area contributed by atoms with Crippen LogP contribution in [0.3, 0.4) is 0 Å². The quantitative estimate of drug-likeness (QED) is 0.650. The van der Waals surface area contributed by atoms with E-state index in [4.69, 9.17) is 16.3 Å². The van der Waals surface area contributed by atoms with Crippen molar-refractivity contribution in [1.29, 1.82) is 0 Å². The van der Waals surface area contributed by atoms with Crippen molar-refractivity contribution < 1.29 is 14.8 Å². The molecule has 1 rings (SSSR count). The van der Waals surface area contributed by atoms with Crippen LogP contribution >= 0.6 is 11.6 Å². The minimum atomic E-state index is -0.843. The summed E-state index contributed by atoms with van der Waals surface area (Å²) < 4.78 is 5.32. The van der Waals surface area contributed by atoms with E-state index in [0.717, 1.165) is 0 Å². The molecule has 0 aliphatic rings. The minimum absolute atomic E-state index is 0.0823. The zero-order valence-corrected chi connectivity index (χ0v) is 9.92. The Balaban J connectivity index is 3.00. The predicted octanol–water partition coefficient (Wildman–Crippen LogP) is 2.78. The zero-order valence-electron chi connectivity index (χ0n) is 9.17. The predicted molar refractivity (Wildman–Crippen MR) is 64.2 cm³/mol. The molecule has 1 atom stereocenters. The van der Waals surface area contributed by atoms with E-state index in [0.29, 0.717) is 11.3 Å². The molecule has 0 aliphatic heterocycles. The average Bonchev–Trinajstić information content (AvgIpc) is 2.29. The van der Waals surface area contributed by atoms with E-state index < -0.39 is 11.0 Å². The van der Waals surface area contributed by atoms with Gasteiger partial charge in [0, 0.05) is 23.2 Å². The molecule has 6 heteroatoms. The summed E-state index contributed by atoms with van der Waals surface area (Å²) >= 11 is 5.34. The summed E-state index contributed by atoms with van der Waals surface area (Å²) in [5.74, 6) is 0.403. The molecule has 0 heterocycles. The van der Waals surface area contributed by atoms with Crippen molar-refractivity contribution in [2.45, 2.75) is 13.0 Å². The molecular weight excluding hydrogens is 246 g/mol. The van der Waals surface area contributed by atoms with E-state index in [1.165, 1.54) is 30.7 Å². The fraction of sp³-hybridized carbons (Fsp3) is 0.273. The molecule has 17 heavy (non-hydrogen) atoms. The van der Waals surface area contributed by atoms with Gasteiger partial charge in [0.25, 0.3) is 5.69 Å². The van der Waals surface area contributed by atoms with Crippen molar-refractivity contribution in [3.8, 4) is 5.75 Å². The van der Waals surface area contributed by atoms with Gasteiger partial charge in [-0.1, -0.05) is 11.6 Å². The Hall–Kier alpha value is -1.59. The second-order valence-corrected chi connectivity index (χ2v) is 3.58. The number of hydrogen-bond acceptors (Lipinski definition) is 4. The van der Waals surface area contributed by atoms with Gasteiger partial charge < -0.3 is 9.84 Å². The van der Waals surface area contributed by atoms with Gasteiger partial charge in [-0.15, -0.1) is 0 Å². The van der Waals surface area contributed by atoms with Crippen molar-refractivity contribution >= 4 is 17.3 Å². The molecule has 0 fully saturated rings. The van der Waals surface area contributed by atoms with Crippen molar-refractivity contribution in [3.63, 3.8) is 0 Å². The van der Waals surface area contributed by atoms with Gasteiger partial charge in [-0.2, -0.15) is 0 Å². The molecule has 92 valence electrons. The summed E-state index contributed by atoms with van der Waals surface area (Å²) in [6.45, 7) is 1.75. The summed E-state index contributed by atoms with van der Waals surface area (Å²) in [5, 5.41) is 20.1. The maximum absolute atomic E-state index is 10.6. The smallest absolute Gasteiger partial charge is 0.270 e. The molecule has 0 saturated heterocycles. The molecule has 0 saturated carbocycles. The van der Waals surface area contributed by atoms with Crippen LogP contribution in [0.2, 0.25) is 0 Å². The molecule has 5 nitrogen and oxygen atoms in total. The Kier molecular flexibility index (Phi) is 4.93. The normalized spacial score (nSPS) is 12.6. The number of nitro benzene ring substituents is 1. The number of rotatable bonds is 5. The number of nitro groups is 1. The van der Waals surface area contributed by atoms with E-state index in [2.05, 4.69) is 0 Å². The van der Waals surface area contributed by atoms with E-state index in [9.17, 15) is 15.2 Å². The Morgan fingerprint density at radius 1 is 1.65 bits per heavy atom. The topological polar surface area (TPSA) is 72.6 Å². The third-order valence-corrected chi connectivity index (χ3v) is 2.26. The van der Waals surface area contributed by atoms with E-state index in [1.807, 2.05) is 0 Å². The van der Waals surface area contributed by atoms with Crippen LogP contribution in [0.15, 0.2) is 29.8 Å². The molecular formula is C11H12ClNO4. The highest BCUT2D eigenvalue weighted by atomic mass is 35.5. The van der Waals surface area contributed by atoms with Gasteiger partial charge in [0.05, 0.1) is 11.0 Å². The number of ether oxygens (including phenoxy) is 1. The first-order valence-corrected chi connectivity index (χ1v) is 5.34. The lowest BCUT2D eigenvalue weighted by atomic mass is 10.1. The van der Waals surface area contributed by atoms with Crippen LogP contribution < -0.4 is 4.74 Å². The molecule has 0 amide bonds. The molecule has 0 aliphatic carbocycles. The number of non-ortho nitro benzene ring substituents is 1. The lowest BCUT2D eigenvalue weighted by Gasteiger charge is -2.11. The SMILES string of the molecule is CC(O)c1cc([N+](=O)[O-])ccc1OC/C=C/Cl. The fourth-order valence-electron chi connectivity index (χ4n) is 1.28. The highest BCUT2D eigenvalue weighted by Gasteiger charge is 2.14. The van der Waals surface area contributed by atoms with Crippen molar-refractivity contribution in [1.82, 2.24) is 0 Å². The number of hydrogen-bond donors (Lipinski definition) is 1. The first-order chi connectivity index (χ1) is 8.06. The summed E-state index contributed by atoms with van der Waals surface area (Å²) in [5.41, 5.74) is 1.61. The molecule has 1 aromatic carbocycles. The van der Waals surface area contributed by atoms with Gasteiger partial charge in [0.15, 0.2) is 0 Å². The van der Waals surface area contributed by atoms with Crippen molar-refractivity contribution in [3.05, 3.63) is 45.5 Å². The number of halogens is 1. The van der Waals surface area contributed by atoms with Crippen LogP contribution in [-0.2, 0) is 0 Å². The molecule has 0 aromatic heterocycles. The Labute approximate surface area is 103 Å². The molecule has 0 bridgehead atoms. The lowest BCUT2D eigenvalue weighted by Crippen LogP contribution is -2.01. The van der Waals surface area contributed by atoms with Crippen LogP contribution in [0, 0.1) is 10.1 Å². The molecule has 1 N–H and O–H groups in total. The lowest BCUT2D eigenvalue weighted by molar-refractivity contribution is -0.385. The van der Waals surface area contributed by atoms with Gasteiger partial charge in [-0.25, -0.2) is 0 Å². The van der Waals surface area contributed by atoms with E-state index in [1.54, 1.807) is 6.08 Å². The summed E-state index contributed by atoms with van der Waals surface area (Å²) in [6, 6.07) is 4.08. The van der Waals surface area contributed by atoms with Crippen LogP contribution in [0.5, 0.6) is 5.75 Å². The van der Waals surface area contributed by atoms with Gasteiger partial charge in [-0.3, -0.25) is 10.1 Å². The van der Waals surface area contributed by atoms with Gasteiger partial charge in [-0.05, 0) is 19.1 Å². The highest BCUT2D eigenvalue weighted by molar-refractivity contribution is 6.25. The van der Waals surface area contributed by atoms with Gasteiger partial charge in [0.2, 0.25) is 0 Å². The average molecular weight is 258 g/mol. The molecule has 1 aromatic rings. The van der Waals surface area contributed by atoms with Crippen molar-refractivity contribution in [2.75, 3.05) is 6.61 Å². The van der Waals surface area contributed by atoms with Crippen molar-refractivity contribution in [2.24, 2.45) is 0 Å². The van der Waals surface area contributed by atoms with Crippen LogP contribution in [-0.4, -0.2) is 16.6 Å². The van der Waals surface area contributed by atoms with Gasteiger partial charge >= 0.3 is 0 Å². The largest absolute Gasteiger partial charge is 0.489 e. The number of aliphatic hydroxyl groups is 1. The minimum Gasteiger partial charge on any atom is -0.489 e. The molecule has 1 unspecified atom stereocenters. The summed E-state index contributed by atoms with van der Waals surface area (Å²) in [6.07, 6.45) is 0.735. The number of aliphatic hydroxyl groups excluding tert-OH is 1. The number of benzene rings is 1. The monoisotopic (exact) mass is 257 g/mol. The first kappa shape index (κ1) is 13.5. The standard InChI is InChI=1S/C11H12ClNO4/c1-8(14)10-7-9(13(15)16)3-4-11(10)17-6-2-5-12/h2-5,7-8,14H,6H2,1H3/b5-2+.